The lowest BCUT2D eigenvalue weighted by molar-refractivity contribution is -0.137. The van der Waals surface area contributed by atoms with Crippen LogP contribution in [0.1, 0.15) is 38.8 Å². The Balaban J connectivity index is 2.40. The molecule has 1 unspecified atom stereocenters. The highest BCUT2D eigenvalue weighted by Crippen LogP contribution is 2.21. The molecule has 2 N–H and O–H groups in total. The van der Waals surface area contributed by atoms with Crippen LogP contribution in [0.15, 0.2) is 12.4 Å². The first-order chi connectivity index (χ1) is 9.00. The van der Waals surface area contributed by atoms with Crippen molar-refractivity contribution >= 4 is 11.8 Å². The summed E-state index contributed by atoms with van der Waals surface area (Å²) >= 11 is 0. The summed E-state index contributed by atoms with van der Waals surface area (Å²) in [4.78, 5) is 19.0. The second-order valence-electron chi connectivity index (χ2n) is 5.14. The van der Waals surface area contributed by atoms with Gasteiger partial charge in [0.25, 0.3) is 0 Å². The summed E-state index contributed by atoms with van der Waals surface area (Å²) in [7, 11) is 0. The van der Waals surface area contributed by atoms with Gasteiger partial charge in [-0.15, -0.1) is 0 Å². The van der Waals surface area contributed by atoms with E-state index in [0.717, 1.165) is 30.9 Å². The Morgan fingerprint density at radius 2 is 2.00 bits per heavy atom. The monoisotopic (exact) mass is 265 g/mol. The van der Waals surface area contributed by atoms with Crippen LogP contribution < -0.4 is 5.32 Å². The van der Waals surface area contributed by atoms with Crippen LogP contribution in [0.2, 0.25) is 0 Å². The van der Waals surface area contributed by atoms with Crippen LogP contribution in [0.3, 0.4) is 0 Å². The number of hydrogen-bond donors (Lipinski definition) is 2. The zero-order valence-electron chi connectivity index (χ0n) is 11.9. The maximum atomic E-state index is 10.6. The van der Waals surface area contributed by atoms with Crippen LogP contribution in [-0.2, 0) is 4.79 Å². The normalized spacial score (nSPS) is 12.4. The van der Waals surface area contributed by atoms with Crippen LogP contribution in [0, 0.1) is 18.8 Å². The molecular weight excluding hydrogens is 242 g/mol. The number of nitrogens with zero attached hydrogens (tertiary/aromatic N) is 2. The van der Waals surface area contributed by atoms with Gasteiger partial charge in [0.15, 0.2) is 0 Å². The van der Waals surface area contributed by atoms with Crippen molar-refractivity contribution in [3.63, 3.8) is 0 Å². The number of rotatable bonds is 8. The molecule has 5 heteroatoms. The number of carboxylic acid groups (broad SMARTS) is 1. The summed E-state index contributed by atoms with van der Waals surface area (Å²) in [6.45, 7) is 6.99. The average Bonchev–Trinajstić information content (AvgIpc) is 2.34. The third kappa shape index (κ3) is 5.68. The molecule has 1 aromatic rings. The molecule has 5 nitrogen and oxygen atoms in total. The van der Waals surface area contributed by atoms with E-state index in [4.69, 9.17) is 5.11 Å². The van der Waals surface area contributed by atoms with Crippen LogP contribution in [0.5, 0.6) is 0 Å². The Bertz CT molecular complexity index is 407. The van der Waals surface area contributed by atoms with Gasteiger partial charge in [0.2, 0.25) is 0 Å². The molecule has 0 aliphatic rings. The summed E-state index contributed by atoms with van der Waals surface area (Å²) in [5.74, 6) is 0.997. The number of aryl methyl sites for hydroxylation is 1. The lowest BCUT2D eigenvalue weighted by atomic mass is 9.88. The van der Waals surface area contributed by atoms with Gasteiger partial charge in [-0.05, 0) is 31.6 Å². The Morgan fingerprint density at radius 3 is 2.58 bits per heavy atom. The van der Waals surface area contributed by atoms with Gasteiger partial charge in [-0.2, -0.15) is 0 Å². The van der Waals surface area contributed by atoms with E-state index in [9.17, 15) is 4.79 Å². The van der Waals surface area contributed by atoms with Gasteiger partial charge < -0.3 is 10.4 Å². The number of anilines is 1. The van der Waals surface area contributed by atoms with E-state index in [0.29, 0.717) is 11.8 Å². The third-order valence-electron chi connectivity index (χ3n) is 3.36. The van der Waals surface area contributed by atoms with E-state index >= 15 is 0 Å². The van der Waals surface area contributed by atoms with Crippen molar-refractivity contribution in [1.82, 2.24) is 9.97 Å². The molecule has 0 bridgehead atoms. The second-order valence-corrected chi connectivity index (χ2v) is 5.14. The van der Waals surface area contributed by atoms with Crippen molar-refractivity contribution < 1.29 is 9.90 Å². The molecule has 0 spiro atoms. The third-order valence-corrected chi connectivity index (χ3v) is 3.36. The van der Waals surface area contributed by atoms with Crippen LogP contribution in [0.25, 0.3) is 0 Å². The van der Waals surface area contributed by atoms with Gasteiger partial charge >= 0.3 is 5.97 Å². The summed E-state index contributed by atoms with van der Waals surface area (Å²) < 4.78 is 0. The molecule has 0 aliphatic heterocycles. The number of carbonyl (C=O) groups is 1. The second kappa shape index (κ2) is 7.71. The van der Waals surface area contributed by atoms with Crippen LogP contribution in [-0.4, -0.2) is 27.6 Å². The number of nitrogens with one attached hydrogen (secondary N) is 1. The van der Waals surface area contributed by atoms with Gasteiger partial charge in [-0.3, -0.25) is 9.78 Å². The van der Waals surface area contributed by atoms with Crippen LogP contribution in [0.4, 0.5) is 5.82 Å². The van der Waals surface area contributed by atoms with Gasteiger partial charge in [0.1, 0.15) is 5.82 Å². The van der Waals surface area contributed by atoms with Crippen molar-refractivity contribution in [2.75, 3.05) is 11.9 Å². The molecule has 0 aromatic carbocycles. The lowest BCUT2D eigenvalue weighted by Gasteiger charge is -2.20. The SMILES string of the molecule is Cc1nccnc1NCCC(CCC(=O)O)C(C)C. The van der Waals surface area contributed by atoms with E-state index in [1.54, 1.807) is 12.4 Å². The minimum absolute atomic E-state index is 0.243. The molecular formula is C14H23N3O2. The zero-order chi connectivity index (χ0) is 14.3. The standard InChI is InChI=1S/C14H23N3O2/c1-10(2)12(4-5-13(18)19)6-7-16-14-11(3)15-8-9-17-14/h8-10,12H,4-7H2,1-3H3,(H,16,17)(H,18,19). The fourth-order valence-corrected chi connectivity index (χ4v) is 2.08. The first-order valence-electron chi connectivity index (χ1n) is 6.74. The highest BCUT2D eigenvalue weighted by Gasteiger charge is 2.14. The summed E-state index contributed by atoms with van der Waals surface area (Å²) in [6.07, 6.45) is 5.26. The molecule has 19 heavy (non-hydrogen) atoms. The van der Waals surface area contributed by atoms with E-state index < -0.39 is 5.97 Å². The van der Waals surface area contributed by atoms with Crippen molar-refractivity contribution in [3.8, 4) is 0 Å². The summed E-state index contributed by atoms with van der Waals surface area (Å²) in [5, 5.41) is 12.0. The van der Waals surface area contributed by atoms with Crippen molar-refractivity contribution in [2.24, 2.45) is 11.8 Å². The van der Waals surface area contributed by atoms with Gasteiger partial charge in [0, 0.05) is 25.4 Å². The fourth-order valence-electron chi connectivity index (χ4n) is 2.08. The Kier molecular flexibility index (Phi) is 6.25. The molecule has 0 aliphatic carbocycles. The topological polar surface area (TPSA) is 75.1 Å². The number of aromatic nitrogens is 2. The Hall–Kier alpha value is -1.65. The molecule has 0 fully saturated rings. The predicted molar refractivity (Wildman–Crippen MR) is 75.1 cm³/mol. The number of carboxylic acids is 1. The summed E-state index contributed by atoms with van der Waals surface area (Å²) in [6, 6.07) is 0. The molecule has 1 aromatic heterocycles. The van der Waals surface area contributed by atoms with Crippen molar-refractivity contribution in [3.05, 3.63) is 18.1 Å². The molecule has 0 amide bonds. The average molecular weight is 265 g/mol. The van der Waals surface area contributed by atoms with E-state index in [-0.39, 0.29) is 6.42 Å². The molecule has 1 heterocycles. The van der Waals surface area contributed by atoms with Gasteiger partial charge in [-0.1, -0.05) is 13.8 Å². The first kappa shape index (κ1) is 15.4. The molecule has 0 saturated carbocycles. The molecule has 0 radical (unpaired) electrons. The van der Waals surface area contributed by atoms with Gasteiger partial charge in [-0.25, -0.2) is 4.98 Å². The molecule has 1 rings (SSSR count). The molecule has 0 saturated heterocycles. The first-order valence-corrected chi connectivity index (χ1v) is 6.74. The number of aliphatic carboxylic acids is 1. The quantitative estimate of drug-likeness (QED) is 0.756. The molecule has 1 atom stereocenters. The smallest absolute Gasteiger partial charge is 0.303 e. The van der Waals surface area contributed by atoms with E-state index in [1.807, 2.05) is 6.92 Å². The van der Waals surface area contributed by atoms with Crippen molar-refractivity contribution in [2.45, 2.75) is 40.0 Å². The Morgan fingerprint density at radius 1 is 1.32 bits per heavy atom. The number of hydrogen-bond acceptors (Lipinski definition) is 4. The Labute approximate surface area is 114 Å². The fraction of sp³-hybridized carbons (Fsp3) is 0.643. The highest BCUT2D eigenvalue weighted by atomic mass is 16.4. The van der Waals surface area contributed by atoms with Gasteiger partial charge in [0.05, 0.1) is 5.69 Å². The predicted octanol–water partition coefficient (Wildman–Crippen LogP) is 2.72. The maximum absolute atomic E-state index is 10.6. The lowest BCUT2D eigenvalue weighted by Crippen LogP contribution is -2.16. The maximum Gasteiger partial charge on any atom is 0.303 e. The van der Waals surface area contributed by atoms with E-state index in [2.05, 4.69) is 29.1 Å². The van der Waals surface area contributed by atoms with Crippen LogP contribution >= 0.6 is 0 Å². The minimum Gasteiger partial charge on any atom is -0.481 e. The highest BCUT2D eigenvalue weighted by molar-refractivity contribution is 5.66. The summed E-state index contributed by atoms with van der Waals surface area (Å²) in [5.41, 5.74) is 0.883. The van der Waals surface area contributed by atoms with E-state index in [1.165, 1.54) is 0 Å². The van der Waals surface area contributed by atoms with Crippen molar-refractivity contribution in [1.29, 1.82) is 0 Å². The largest absolute Gasteiger partial charge is 0.481 e. The zero-order valence-corrected chi connectivity index (χ0v) is 11.9. The molecule has 106 valence electrons. The minimum atomic E-state index is -0.719.